The molecule has 0 amide bonds. The van der Waals surface area contributed by atoms with Crippen LogP contribution in [-0.2, 0) is 23.9 Å². The molecule has 1 aromatic heterocycles. The van der Waals surface area contributed by atoms with Gasteiger partial charge in [0.2, 0.25) is 0 Å². The SMILES string of the molecule is CC#Cc1cc(N)cc(C2Cc3nc(OC)nc(N4CC(C)CC(CO)C4)c3CO2)c1C(F)(F)F.FC1CC2CCCN2C1. The van der Waals surface area contributed by atoms with Crippen LogP contribution < -0.4 is 15.4 Å². The second-order valence-electron chi connectivity index (χ2n) is 12.3. The zero-order chi connectivity index (χ0) is 31.6. The van der Waals surface area contributed by atoms with Crippen molar-refractivity contribution in [3.63, 3.8) is 0 Å². The second kappa shape index (κ2) is 13.5. The van der Waals surface area contributed by atoms with Crippen molar-refractivity contribution in [2.75, 3.05) is 50.5 Å². The van der Waals surface area contributed by atoms with Gasteiger partial charge in [0.05, 0.1) is 31.1 Å². The van der Waals surface area contributed by atoms with Gasteiger partial charge in [-0.25, -0.2) is 4.39 Å². The predicted molar refractivity (Wildman–Crippen MR) is 159 cm³/mol. The van der Waals surface area contributed by atoms with Crippen molar-refractivity contribution in [2.45, 2.75) is 77.1 Å². The largest absolute Gasteiger partial charge is 0.467 e. The van der Waals surface area contributed by atoms with Gasteiger partial charge in [-0.15, -0.1) is 5.92 Å². The number of alkyl halides is 4. The second-order valence-corrected chi connectivity index (χ2v) is 12.3. The molecule has 0 spiro atoms. The Morgan fingerprint density at radius 3 is 2.66 bits per heavy atom. The van der Waals surface area contributed by atoms with E-state index in [9.17, 15) is 22.7 Å². The third-order valence-electron chi connectivity index (χ3n) is 8.89. The molecular formula is C32H41F4N5O3. The van der Waals surface area contributed by atoms with E-state index in [1.54, 1.807) is 0 Å². The van der Waals surface area contributed by atoms with Crippen LogP contribution in [0.25, 0.3) is 0 Å². The van der Waals surface area contributed by atoms with E-state index in [2.05, 4.69) is 38.5 Å². The summed E-state index contributed by atoms with van der Waals surface area (Å²) >= 11 is 0. The summed E-state index contributed by atoms with van der Waals surface area (Å²) in [6, 6.07) is 3.29. The van der Waals surface area contributed by atoms with Crippen molar-refractivity contribution in [1.82, 2.24) is 14.9 Å². The minimum atomic E-state index is -4.64. The van der Waals surface area contributed by atoms with Crippen LogP contribution in [0.2, 0.25) is 0 Å². The van der Waals surface area contributed by atoms with E-state index in [0.717, 1.165) is 31.5 Å². The Balaban J connectivity index is 0.000000361. The van der Waals surface area contributed by atoms with E-state index in [4.69, 9.17) is 15.2 Å². The first-order chi connectivity index (χ1) is 21.0. The van der Waals surface area contributed by atoms with Crippen molar-refractivity contribution in [2.24, 2.45) is 11.8 Å². The molecule has 0 bridgehead atoms. The smallest absolute Gasteiger partial charge is 0.417 e. The first-order valence-corrected chi connectivity index (χ1v) is 15.2. The summed E-state index contributed by atoms with van der Waals surface area (Å²) < 4.78 is 66.3. The topological polar surface area (TPSA) is 97.0 Å². The van der Waals surface area contributed by atoms with E-state index in [1.807, 2.05) is 0 Å². The number of fused-ring (bicyclic) bond motifs is 2. The molecule has 240 valence electrons. The molecule has 1 aromatic carbocycles. The highest BCUT2D eigenvalue weighted by atomic mass is 19.4. The van der Waals surface area contributed by atoms with Gasteiger partial charge in [-0.2, -0.15) is 23.1 Å². The molecule has 44 heavy (non-hydrogen) atoms. The molecule has 5 atom stereocenters. The van der Waals surface area contributed by atoms with Crippen LogP contribution in [0.15, 0.2) is 12.1 Å². The van der Waals surface area contributed by atoms with Gasteiger partial charge in [-0.3, -0.25) is 4.90 Å². The number of methoxy groups -OCH3 is 1. The molecule has 5 heterocycles. The molecule has 4 aliphatic rings. The van der Waals surface area contributed by atoms with Gasteiger partial charge in [0.15, 0.2) is 0 Å². The van der Waals surface area contributed by atoms with Crippen LogP contribution in [0.3, 0.4) is 0 Å². The molecule has 0 saturated carbocycles. The van der Waals surface area contributed by atoms with E-state index in [0.29, 0.717) is 36.6 Å². The van der Waals surface area contributed by atoms with Crippen LogP contribution in [0.5, 0.6) is 6.01 Å². The van der Waals surface area contributed by atoms with Crippen LogP contribution in [-0.4, -0.2) is 72.1 Å². The molecular weight excluding hydrogens is 578 g/mol. The molecule has 3 N–H and O–H groups in total. The maximum absolute atomic E-state index is 14.1. The van der Waals surface area contributed by atoms with E-state index >= 15 is 0 Å². The first kappa shape index (κ1) is 32.3. The summed E-state index contributed by atoms with van der Waals surface area (Å²) in [4.78, 5) is 13.4. The van der Waals surface area contributed by atoms with Crippen LogP contribution >= 0.6 is 0 Å². The molecule has 6 rings (SSSR count). The van der Waals surface area contributed by atoms with Crippen LogP contribution in [0, 0.1) is 23.7 Å². The van der Waals surface area contributed by atoms with Gasteiger partial charge in [0, 0.05) is 55.5 Å². The third-order valence-corrected chi connectivity index (χ3v) is 8.89. The molecule has 3 fully saturated rings. The Morgan fingerprint density at radius 2 is 1.98 bits per heavy atom. The Labute approximate surface area is 255 Å². The fourth-order valence-electron chi connectivity index (χ4n) is 7.09. The van der Waals surface area contributed by atoms with Crippen LogP contribution in [0.1, 0.15) is 73.6 Å². The fraction of sp³-hybridized carbons (Fsp3) is 0.625. The van der Waals surface area contributed by atoms with Gasteiger partial charge in [-0.1, -0.05) is 12.8 Å². The Bertz CT molecular complexity index is 1380. The minimum absolute atomic E-state index is 0.0366. The van der Waals surface area contributed by atoms with Crippen molar-refractivity contribution < 1.29 is 32.1 Å². The number of nitrogen functional groups attached to an aromatic ring is 1. The summed E-state index contributed by atoms with van der Waals surface area (Å²) in [5, 5.41) is 9.73. The molecule has 0 radical (unpaired) electrons. The highest BCUT2D eigenvalue weighted by molar-refractivity contribution is 5.58. The van der Waals surface area contributed by atoms with E-state index < -0.39 is 24.0 Å². The average molecular weight is 620 g/mol. The number of benzene rings is 1. The van der Waals surface area contributed by atoms with Gasteiger partial charge in [0.25, 0.3) is 0 Å². The maximum atomic E-state index is 14.1. The lowest BCUT2D eigenvalue weighted by molar-refractivity contribution is -0.140. The number of ether oxygens (including phenoxy) is 2. The number of hydrogen-bond acceptors (Lipinski definition) is 8. The van der Waals surface area contributed by atoms with Crippen LogP contribution in [0.4, 0.5) is 29.1 Å². The quantitative estimate of drug-likeness (QED) is 0.283. The number of aromatic nitrogens is 2. The monoisotopic (exact) mass is 619 g/mol. The lowest BCUT2D eigenvalue weighted by atomic mass is 9.89. The molecule has 8 nitrogen and oxygen atoms in total. The fourth-order valence-corrected chi connectivity index (χ4v) is 7.09. The average Bonchev–Trinajstić information content (AvgIpc) is 3.56. The molecule has 5 unspecified atom stereocenters. The van der Waals surface area contributed by atoms with Gasteiger partial charge < -0.3 is 25.2 Å². The summed E-state index contributed by atoms with van der Waals surface area (Å²) in [5.74, 6) is 6.14. The number of anilines is 2. The third kappa shape index (κ3) is 7.05. The van der Waals surface area contributed by atoms with Crippen molar-refractivity contribution in [3.8, 4) is 17.9 Å². The minimum Gasteiger partial charge on any atom is -0.467 e. The van der Waals surface area contributed by atoms with Gasteiger partial charge in [0.1, 0.15) is 12.0 Å². The number of aliphatic hydroxyl groups excluding tert-OH is 1. The van der Waals surface area contributed by atoms with Gasteiger partial charge >= 0.3 is 12.2 Å². The highest BCUT2D eigenvalue weighted by Crippen LogP contribution is 2.43. The Kier molecular flexibility index (Phi) is 9.87. The number of hydrogen-bond donors (Lipinski definition) is 2. The number of halogens is 4. The summed E-state index contributed by atoms with van der Waals surface area (Å²) in [5.41, 5.74) is 6.33. The molecule has 0 aliphatic carbocycles. The highest BCUT2D eigenvalue weighted by Gasteiger charge is 2.40. The van der Waals surface area contributed by atoms with Crippen molar-refractivity contribution in [1.29, 1.82) is 0 Å². The predicted octanol–water partition coefficient (Wildman–Crippen LogP) is 4.92. The van der Waals surface area contributed by atoms with Gasteiger partial charge in [-0.05, 0) is 68.7 Å². The maximum Gasteiger partial charge on any atom is 0.417 e. The number of nitrogens with two attached hydrogens (primary N) is 1. The Hall–Kier alpha value is -3.14. The normalized spacial score (nSPS) is 26.6. The molecule has 2 aromatic rings. The number of aliphatic hydroxyl groups is 1. The first-order valence-electron chi connectivity index (χ1n) is 15.2. The molecule has 4 aliphatic heterocycles. The summed E-state index contributed by atoms with van der Waals surface area (Å²) in [7, 11) is 1.45. The van der Waals surface area contributed by atoms with E-state index in [1.165, 1.54) is 39.0 Å². The van der Waals surface area contributed by atoms with E-state index in [-0.39, 0.29) is 48.4 Å². The van der Waals surface area contributed by atoms with Crippen molar-refractivity contribution >= 4 is 11.5 Å². The Morgan fingerprint density at radius 1 is 1.18 bits per heavy atom. The summed E-state index contributed by atoms with van der Waals surface area (Å²) in [6.45, 7) is 6.90. The zero-order valence-corrected chi connectivity index (χ0v) is 25.5. The van der Waals surface area contributed by atoms with Crippen molar-refractivity contribution in [3.05, 3.63) is 40.1 Å². The summed E-state index contributed by atoms with van der Waals surface area (Å²) in [6.07, 6.45) is -1.73. The number of piperidine rings is 1. The number of rotatable bonds is 4. The zero-order valence-electron chi connectivity index (χ0n) is 25.5. The standard InChI is InChI=1S/C25H29F3N4O3.C7H12FN/c1-4-5-16-7-17(29)8-18(22(16)25(26,27)28)21-9-20-19(13-35-21)23(31-24(30-20)34-3)32-10-14(2)6-15(11-32)12-33;8-6-4-7-2-1-3-9(7)5-6/h7-8,14-15,21,33H,6,9-13,29H2,1-3H3;6-7H,1-5H2. The number of nitrogens with zero attached hydrogens (tertiary/aromatic N) is 4. The lowest BCUT2D eigenvalue weighted by Gasteiger charge is -2.38. The lowest BCUT2D eigenvalue weighted by Crippen LogP contribution is -2.42. The molecule has 12 heteroatoms. The molecule has 3 saturated heterocycles.